The molecule has 1 aliphatic heterocycles. The Morgan fingerprint density at radius 3 is 2.68 bits per heavy atom. The van der Waals surface area contributed by atoms with Gasteiger partial charge in [-0.15, -0.1) is 0 Å². The zero-order valence-corrected chi connectivity index (χ0v) is 13.6. The lowest BCUT2D eigenvalue weighted by molar-refractivity contribution is 0.684. The van der Waals surface area contributed by atoms with Crippen molar-refractivity contribution in [2.75, 3.05) is 7.05 Å². The molecule has 0 aromatic rings. The quantitative estimate of drug-likeness (QED) is 0.745. The van der Waals surface area contributed by atoms with Crippen molar-refractivity contribution in [3.63, 3.8) is 0 Å². The number of rotatable bonds is 2. The molecule has 1 N–H and O–H groups in total. The van der Waals surface area contributed by atoms with Crippen LogP contribution in [0.3, 0.4) is 0 Å². The van der Waals surface area contributed by atoms with E-state index in [1.54, 1.807) is 0 Å². The van der Waals surface area contributed by atoms with E-state index < -0.39 is 0 Å². The van der Waals surface area contributed by atoms with Crippen LogP contribution in [0.15, 0.2) is 89.2 Å². The highest BCUT2D eigenvalue weighted by Crippen LogP contribution is 2.36. The number of fused-ring (bicyclic) bond motifs is 1. The van der Waals surface area contributed by atoms with Crippen molar-refractivity contribution in [2.24, 2.45) is 16.8 Å². The van der Waals surface area contributed by atoms with E-state index in [-0.39, 0.29) is 11.8 Å². The molecule has 0 radical (unpaired) electrons. The van der Waals surface area contributed by atoms with Gasteiger partial charge in [-0.05, 0) is 25.0 Å². The maximum atomic E-state index is 4.44. The second kappa shape index (κ2) is 7.60. The minimum atomic E-state index is 0.186. The summed E-state index contributed by atoms with van der Waals surface area (Å²) in [5, 5.41) is 3.35. The molecule has 1 fully saturated rings. The SMILES string of the molecule is C=C1N/C(=N\C)C2C(/C(C)=C/C=C\C)=C/C=C\C=C/C=C/C12. The summed E-state index contributed by atoms with van der Waals surface area (Å²) in [5.41, 5.74) is 3.52. The van der Waals surface area contributed by atoms with Gasteiger partial charge in [0.1, 0.15) is 5.84 Å². The smallest absolute Gasteiger partial charge is 0.109 e. The molecule has 2 rings (SSSR count). The Labute approximate surface area is 133 Å². The van der Waals surface area contributed by atoms with Gasteiger partial charge in [0.15, 0.2) is 0 Å². The van der Waals surface area contributed by atoms with Crippen LogP contribution in [0.2, 0.25) is 0 Å². The molecule has 1 heterocycles. The Morgan fingerprint density at radius 2 is 1.95 bits per heavy atom. The van der Waals surface area contributed by atoms with Crippen LogP contribution in [0.1, 0.15) is 13.8 Å². The molecule has 2 atom stereocenters. The Hall–Kier alpha value is -2.35. The predicted molar refractivity (Wildman–Crippen MR) is 96.7 cm³/mol. The molecule has 2 heteroatoms. The molecule has 114 valence electrons. The monoisotopic (exact) mass is 292 g/mol. The van der Waals surface area contributed by atoms with Crippen molar-refractivity contribution in [2.45, 2.75) is 13.8 Å². The minimum absolute atomic E-state index is 0.186. The Morgan fingerprint density at radius 1 is 1.23 bits per heavy atom. The molecule has 2 nitrogen and oxygen atoms in total. The zero-order valence-electron chi connectivity index (χ0n) is 13.6. The van der Waals surface area contributed by atoms with Gasteiger partial charge in [0, 0.05) is 18.7 Å². The molecule has 2 aliphatic rings. The average Bonchev–Trinajstić information content (AvgIpc) is 2.84. The molecular weight excluding hydrogens is 268 g/mol. The van der Waals surface area contributed by atoms with Crippen LogP contribution in [0.25, 0.3) is 0 Å². The molecule has 2 unspecified atom stereocenters. The fourth-order valence-electron chi connectivity index (χ4n) is 2.81. The van der Waals surface area contributed by atoms with Gasteiger partial charge in [-0.25, -0.2) is 0 Å². The number of hydrogen-bond acceptors (Lipinski definition) is 1. The Bertz CT molecular complexity index is 637. The van der Waals surface area contributed by atoms with Gasteiger partial charge >= 0.3 is 0 Å². The summed E-state index contributed by atoms with van der Waals surface area (Å²) in [6.45, 7) is 8.35. The first-order valence-corrected chi connectivity index (χ1v) is 7.63. The summed E-state index contributed by atoms with van der Waals surface area (Å²) < 4.78 is 0. The number of hydrogen-bond donors (Lipinski definition) is 1. The lowest BCUT2D eigenvalue weighted by atomic mass is 9.82. The van der Waals surface area contributed by atoms with Crippen LogP contribution in [0, 0.1) is 11.8 Å². The van der Waals surface area contributed by atoms with Crippen molar-refractivity contribution in [1.82, 2.24) is 5.32 Å². The average molecular weight is 292 g/mol. The van der Waals surface area contributed by atoms with Gasteiger partial charge in [-0.1, -0.05) is 67.3 Å². The van der Waals surface area contributed by atoms with Crippen molar-refractivity contribution in [3.05, 3.63) is 84.2 Å². The zero-order chi connectivity index (χ0) is 15.9. The molecule has 0 bridgehead atoms. The molecule has 1 aliphatic carbocycles. The van der Waals surface area contributed by atoms with Crippen molar-refractivity contribution in [1.29, 1.82) is 0 Å². The maximum Gasteiger partial charge on any atom is 0.109 e. The van der Waals surface area contributed by atoms with Crippen molar-refractivity contribution in [3.8, 4) is 0 Å². The summed E-state index contributed by atoms with van der Waals surface area (Å²) in [6, 6.07) is 0. The van der Waals surface area contributed by atoms with Gasteiger partial charge < -0.3 is 5.32 Å². The van der Waals surface area contributed by atoms with Crippen molar-refractivity contribution < 1.29 is 0 Å². The number of nitrogens with zero attached hydrogens (tertiary/aromatic N) is 1. The molecular formula is C20H24N2. The van der Waals surface area contributed by atoms with E-state index >= 15 is 0 Å². The largest absolute Gasteiger partial charge is 0.347 e. The highest BCUT2D eigenvalue weighted by Gasteiger charge is 2.36. The van der Waals surface area contributed by atoms with Crippen LogP contribution in [-0.2, 0) is 0 Å². The van der Waals surface area contributed by atoms with Crippen LogP contribution in [-0.4, -0.2) is 12.9 Å². The fraction of sp³-hybridized carbons (Fsp3) is 0.250. The van der Waals surface area contributed by atoms with E-state index in [4.69, 9.17) is 0 Å². The highest BCUT2D eigenvalue weighted by molar-refractivity contribution is 5.93. The number of amidine groups is 1. The maximum absolute atomic E-state index is 4.44. The molecule has 0 spiro atoms. The third-order valence-electron chi connectivity index (χ3n) is 3.95. The third-order valence-corrected chi connectivity index (χ3v) is 3.95. The van der Waals surface area contributed by atoms with E-state index in [2.05, 4.69) is 60.3 Å². The van der Waals surface area contributed by atoms with Crippen molar-refractivity contribution >= 4 is 5.84 Å². The number of nitrogens with one attached hydrogen (secondary N) is 1. The Balaban J connectivity index is 2.56. The van der Waals surface area contributed by atoms with Crippen LogP contribution < -0.4 is 5.32 Å². The molecule has 0 saturated carbocycles. The standard InChI is InChI=1S/C20H24N2/c1-5-6-12-15(2)17-13-10-8-7-9-11-14-18-16(3)22-20(21-4)19(17)18/h5-14,18-19H,3H2,1-2,4H3,(H,21,22)/b6-5-,9-7-,10-8-,14-11+,15-12+,17-13+. The Kier molecular flexibility index (Phi) is 5.54. The first-order chi connectivity index (χ1) is 10.7. The normalized spacial score (nSPS) is 34.0. The van der Waals surface area contributed by atoms with Crippen LogP contribution >= 0.6 is 0 Å². The molecule has 1 saturated heterocycles. The van der Waals surface area contributed by atoms with Gasteiger partial charge in [0.05, 0.1) is 5.92 Å². The van der Waals surface area contributed by atoms with E-state index in [1.165, 1.54) is 11.1 Å². The topological polar surface area (TPSA) is 24.4 Å². The van der Waals surface area contributed by atoms with E-state index in [9.17, 15) is 0 Å². The van der Waals surface area contributed by atoms with E-state index in [0.717, 1.165) is 11.5 Å². The number of allylic oxidation sites excluding steroid dienone is 11. The summed E-state index contributed by atoms with van der Waals surface area (Å²) in [5.74, 6) is 1.39. The molecule has 0 aromatic heterocycles. The predicted octanol–water partition coefficient (Wildman–Crippen LogP) is 4.50. The van der Waals surface area contributed by atoms with Crippen LogP contribution in [0.4, 0.5) is 0 Å². The molecule has 0 amide bonds. The van der Waals surface area contributed by atoms with Gasteiger partial charge in [0.25, 0.3) is 0 Å². The van der Waals surface area contributed by atoms with Gasteiger partial charge in [-0.2, -0.15) is 0 Å². The highest BCUT2D eigenvalue weighted by atomic mass is 15.0. The van der Waals surface area contributed by atoms with Gasteiger partial charge in [0.2, 0.25) is 0 Å². The minimum Gasteiger partial charge on any atom is -0.347 e. The third kappa shape index (κ3) is 3.45. The lowest BCUT2D eigenvalue weighted by Crippen LogP contribution is -2.22. The summed E-state index contributed by atoms with van der Waals surface area (Å²) in [7, 11) is 1.83. The second-order valence-corrected chi connectivity index (χ2v) is 5.41. The summed E-state index contributed by atoms with van der Waals surface area (Å²) in [4.78, 5) is 4.44. The fourth-order valence-corrected chi connectivity index (χ4v) is 2.81. The van der Waals surface area contributed by atoms with E-state index in [0.29, 0.717) is 0 Å². The molecule has 0 aromatic carbocycles. The molecule has 22 heavy (non-hydrogen) atoms. The van der Waals surface area contributed by atoms with Crippen LogP contribution in [0.5, 0.6) is 0 Å². The van der Waals surface area contributed by atoms with Gasteiger partial charge in [-0.3, -0.25) is 4.99 Å². The lowest BCUT2D eigenvalue weighted by Gasteiger charge is -2.20. The first kappa shape index (κ1) is 16.0. The summed E-state index contributed by atoms with van der Waals surface area (Å²) in [6.07, 6.45) is 20.9. The summed E-state index contributed by atoms with van der Waals surface area (Å²) >= 11 is 0. The second-order valence-electron chi connectivity index (χ2n) is 5.41. The first-order valence-electron chi connectivity index (χ1n) is 7.63. The van der Waals surface area contributed by atoms with E-state index in [1.807, 2.05) is 38.3 Å². The number of aliphatic imine (C=N–C) groups is 1.